The molecule has 4 N–H and O–H groups in total. The molecule has 0 atom stereocenters. The molecule has 0 spiro atoms. The van der Waals surface area contributed by atoms with Crippen LogP contribution in [0.2, 0.25) is 0 Å². The Labute approximate surface area is 102 Å². The van der Waals surface area contributed by atoms with Gasteiger partial charge in [-0.05, 0) is 0 Å². The minimum absolute atomic E-state index is 0. The molecule has 0 aromatic heterocycles. The molecule has 0 aliphatic carbocycles. The normalized spacial score (nSPS) is 9.31. The van der Waals surface area contributed by atoms with Crippen molar-refractivity contribution >= 4 is 5.97 Å². The molecule has 0 amide bonds. The number of carboxylic acids is 1. The van der Waals surface area contributed by atoms with Gasteiger partial charge in [-0.2, -0.15) is 0 Å². The van der Waals surface area contributed by atoms with E-state index in [1.54, 1.807) is 0 Å². The molecular formula is C7H17N2NaO3. The maximum absolute atomic E-state index is 10.0. The zero-order valence-corrected chi connectivity index (χ0v) is 10.0. The fraction of sp³-hybridized carbons (Fsp3) is 0.857. The first-order valence-corrected chi connectivity index (χ1v) is 4.01. The zero-order chi connectivity index (χ0) is 9.23. The van der Waals surface area contributed by atoms with E-state index in [2.05, 4.69) is 10.6 Å². The summed E-state index contributed by atoms with van der Waals surface area (Å²) in [5, 5.41) is 22.6. The standard InChI is InChI=1S/C7H16N2O3.Na.H/c10-6-5-9-4-3-8-2-1-7(11)12;;/h8-10H,1-6H2,(H,11,12);;/q;+1;-1. The van der Waals surface area contributed by atoms with Gasteiger partial charge in [-0.1, -0.05) is 0 Å². The van der Waals surface area contributed by atoms with Gasteiger partial charge in [0, 0.05) is 26.2 Å². The molecule has 0 saturated carbocycles. The van der Waals surface area contributed by atoms with Crippen molar-refractivity contribution in [1.29, 1.82) is 0 Å². The first kappa shape index (κ1) is 15.8. The molecule has 6 heteroatoms. The molecule has 0 fully saturated rings. The Kier molecular flexibility index (Phi) is 15.0. The van der Waals surface area contributed by atoms with E-state index >= 15 is 0 Å². The number of aliphatic hydroxyl groups excluding tert-OH is 1. The maximum atomic E-state index is 10.0. The summed E-state index contributed by atoms with van der Waals surface area (Å²) >= 11 is 0. The second kappa shape index (κ2) is 12.3. The number of rotatable bonds is 8. The number of aliphatic carboxylic acids is 1. The van der Waals surface area contributed by atoms with Crippen LogP contribution in [0.3, 0.4) is 0 Å². The fourth-order valence-corrected chi connectivity index (χ4v) is 0.701. The molecule has 0 aromatic rings. The van der Waals surface area contributed by atoms with E-state index in [-0.39, 0.29) is 44.0 Å². The fourth-order valence-electron chi connectivity index (χ4n) is 0.701. The SMILES string of the molecule is O=C(O)CCNCCNCCO.[H-].[Na+]. The van der Waals surface area contributed by atoms with E-state index < -0.39 is 5.97 Å². The van der Waals surface area contributed by atoms with E-state index in [9.17, 15) is 4.79 Å². The van der Waals surface area contributed by atoms with E-state index in [0.717, 1.165) is 13.1 Å². The molecule has 0 rings (SSSR count). The summed E-state index contributed by atoms with van der Waals surface area (Å²) in [5.41, 5.74) is 0. The second-order valence-corrected chi connectivity index (χ2v) is 2.37. The minimum atomic E-state index is -0.786. The van der Waals surface area contributed by atoms with Crippen LogP contribution in [0.5, 0.6) is 0 Å². The molecule has 13 heavy (non-hydrogen) atoms. The van der Waals surface area contributed by atoms with Crippen molar-refractivity contribution in [3.8, 4) is 0 Å². The van der Waals surface area contributed by atoms with E-state index in [1.165, 1.54) is 0 Å². The van der Waals surface area contributed by atoms with Gasteiger partial charge in [-0.3, -0.25) is 4.79 Å². The van der Waals surface area contributed by atoms with E-state index in [0.29, 0.717) is 13.1 Å². The maximum Gasteiger partial charge on any atom is 1.00 e. The molecule has 0 saturated heterocycles. The van der Waals surface area contributed by atoms with Crippen molar-refractivity contribution in [2.45, 2.75) is 6.42 Å². The summed E-state index contributed by atoms with van der Waals surface area (Å²) in [6.45, 7) is 2.69. The minimum Gasteiger partial charge on any atom is -1.00 e. The zero-order valence-electron chi connectivity index (χ0n) is 9.05. The Morgan fingerprint density at radius 1 is 1.15 bits per heavy atom. The summed E-state index contributed by atoms with van der Waals surface area (Å²) in [6, 6.07) is 0. The summed E-state index contributed by atoms with van der Waals surface area (Å²) < 4.78 is 0. The largest absolute Gasteiger partial charge is 1.00 e. The number of hydrogen-bond donors (Lipinski definition) is 4. The van der Waals surface area contributed by atoms with Crippen LogP contribution in [0.1, 0.15) is 7.85 Å². The Hall–Kier alpha value is 0.350. The molecule has 0 unspecified atom stereocenters. The van der Waals surface area contributed by atoms with Crippen molar-refractivity contribution in [3.05, 3.63) is 0 Å². The van der Waals surface area contributed by atoms with Gasteiger partial charge in [-0.15, -0.1) is 0 Å². The Balaban J connectivity index is -0.000000605. The molecule has 0 heterocycles. The van der Waals surface area contributed by atoms with Crippen molar-refractivity contribution in [3.63, 3.8) is 0 Å². The number of nitrogens with one attached hydrogen (secondary N) is 2. The van der Waals surface area contributed by atoms with Gasteiger partial charge in [0.25, 0.3) is 0 Å². The van der Waals surface area contributed by atoms with Crippen molar-refractivity contribution in [2.24, 2.45) is 0 Å². The van der Waals surface area contributed by atoms with Crippen LogP contribution < -0.4 is 40.2 Å². The van der Waals surface area contributed by atoms with Crippen LogP contribution in [-0.2, 0) is 4.79 Å². The van der Waals surface area contributed by atoms with Crippen molar-refractivity contribution in [2.75, 3.05) is 32.8 Å². The average Bonchev–Trinajstić information content (AvgIpc) is 2.02. The summed E-state index contributed by atoms with van der Waals surface area (Å²) in [7, 11) is 0. The van der Waals surface area contributed by atoms with E-state index in [4.69, 9.17) is 10.2 Å². The van der Waals surface area contributed by atoms with Crippen LogP contribution in [0.25, 0.3) is 0 Å². The average molecular weight is 200 g/mol. The molecule has 0 radical (unpaired) electrons. The Morgan fingerprint density at radius 2 is 1.69 bits per heavy atom. The molecule has 0 aliphatic heterocycles. The van der Waals surface area contributed by atoms with Crippen LogP contribution in [0.4, 0.5) is 0 Å². The predicted octanol–water partition coefficient (Wildman–Crippen LogP) is -4.25. The van der Waals surface area contributed by atoms with Crippen LogP contribution in [0.15, 0.2) is 0 Å². The van der Waals surface area contributed by atoms with Crippen LogP contribution >= 0.6 is 0 Å². The number of carbonyl (C=O) groups is 1. The van der Waals surface area contributed by atoms with Gasteiger partial charge in [-0.25, -0.2) is 0 Å². The van der Waals surface area contributed by atoms with Gasteiger partial charge < -0.3 is 22.3 Å². The molecule has 0 aliphatic rings. The molecule has 74 valence electrons. The van der Waals surface area contributed by atoms with Gasteiger partial charge >= 0.3 is 35.5 Å². The number of hydrogen-bond acceptors (Lipinski definition) is 4. The molecule has 0 bridgehead atoms. The third-order valence-electron chi connectivity index (χ3n) is 1.28. The van der Waals surface area contributed by atoms with Crippen molar-refractivity contribution in [1.82, 2.24) is 10.6 Å². The second-order valence-electron chi connectivity index (χ2n) is 2.37. The monoisotopic (exact) mass is 200 g/mol. The smallest absolute Gasteiger partial charge is 1.00 e. The van der Waals surface area contributed by atoms with Gasteiger partial charge in [0.1, 0.15) is 0 Å². The third kappa shape index (κ3) is 15.1. The summed E-state index contributed by atoms with van der Waals surface area (Å²) in [6.07, 6.45) is 0.153. The first-order chi connectivity index (χ1) is 5.77. The summed E-state index contributed by atoms with van der Waals surface area (Å²) in [4.78, 5) is 10.0. The molecular weight excluding hydrogens is 183 g/mol. The number of carboxylic acid groups (broad SMARTS) is 1. The van der Waals surface area contributed by atoms with Crippen molar-refractivity contribution < 1.29 is 46.0 Å². The Bertz CT molecular complexity index is 130. The topological polar surface area (TPSA) is 81.6 Å². The summed E-state index contributed by atoms with van der Waals surface area (Å²) in [5.74, 6) is -0.786. The van der Waals surface area contributed by atoms with Crippen LogP contribution in [0, 0.1) is 0 Å². The van der Waals surface area contributed by atoms with Gasteiger partial charge in [0.15, 0.2) is 0 Å². The van der Waals surface area contributed by atoms with Crippen LogP contribution in [-0.4, -0.2) is 49.0 Å². The third-order valence-corrected chi connectivity index (χ3v) is 1.28. The quantitative estimate of drug-likeness (QED) is 0.236. The Morgan fingerprint density at radius 3 is 2.15 bits per heavy atom. The number of aliphatic hydroxyl groups is 1. The first-order valence-electron chi connectivity index (χ1n) is 4.01. The van der Waals surface area contributed by atoms with E-state index in [1.807, 2.05) is 0 Å². The molecule has 5 nitrogen and oxygen atoms in total. The van der Waals surface area contributed by atoms with Gasteiger partial charge in [0.2, 0.25) is 0 Å². The predicted molar refractivity (Wildman–Crippen MR) is 46.2 cm³/mol. The van der Waals surface area contributed by atoms with Gasteiger partial charge in [0.05, 0.1) is 13.0 Å². The molecule has 0 aromatic carbocycles.